The standard InChI is InChI=1S/C18H23N3O2/c1-11-6-7-14(18-20-12(2)10-23-18)9-16(11)21-17(22)13-4-3-5-15(19)8-13/h6-7,9-10,13,15H,3-5,8,19H2,1-2H3,(H,21,22). The zero-order chi connectivity index (χ0) is 16.4. The fraction of sp³-hybridized carbons (Fsp3) is 0.444. The third-order valence-electron chi connectivity index (χ3n) is 4.45. The Morgan fingerprint density at radius 1 is 1.35 bits per heavy atom. The number of benzene rings is 1. The van der Waals surface area contributed by atoms with Crippen LogP contribution >= 0.6 is 0 Å². The van der Waals surface area contributed by atoms with Crippen LogP contribution in [-0.2, 0) is 4.79 Å². The van der Waals surface area contributed by atoms with Crippen molar-refractivity contribution in [3.8, 4) is 11.5 Å². The first kappa shape index (κ1) is 15.7. The van der Waals surface area contributed by atoms with Gasteiger partial charge in [0.1, 0.15) is 6.26 Å². The summed E-state index contributed by atoms with van der Waals surface area (Å²) < 4.78 is 5.44. The minimum atomic E-state index is 0.00536. The van der Waals surface area contributed by atoms with Gasteiger partial charge in [-0.15, -0.1) is 0 Å². The number of aromatic nitrogens is 1. The summed E-state index contributed by atoms with van der Waals surface area (Å²) in [4.78, 5) is 16.8. The Balaban J connectivity index is 1.78. The minimum Gasteiger partial charge on any atom is -0.444 e. The predicted octanol–water partition coefficient (Wildman–Crippen LogP) is 3.41. The van der Waals surface area contributed by atoms with Crippen LogP contribution in [0.2, 0.25) is 0 Å². The van der Waals surface area contributed by atoms with Crippen LogP contribution in [0.1, 0.15) is 36.9 Å². The first-order valence-electron chi connectivity index (χ1n) is 8.12. The molecule has 1 fully saturated rings. The Morgan fingerprint density at radius 3 is 2.87 bits per heavy atom. The second-order valence-electron chi connectivity index (χ2n) is 6.44. The number of nitrogens with two attached hydrogens (primary N) is 1. The lowest BCUT2D eigenvalue weighted by molar-refractivity contribution is -0.120. The van der Waals surface area contributed by atoms with E-state index in [1.54, 1.807) is 6.26 Å². The van der Waals surface area contributed by atoms with Crippen molar-refractivity contribution >= 4 is 11.6 Å². The maximum atomic E-state index is 12.5. The molecule has 2 unspecified atom stereocenters. The van der Waals surface area contributed by atoms with Crippen LogP contribution in [0, 0.1) is 19.8 Å². The molecule has 3 N–H and O–H groups in total. The van der Waals surface area contributed by atoms with Gasteiger partial charge in [0.25, 0.3) is 0 Å². The fourth-order valence-corrected chi connectivity index (χ4v) is 3.08. The number of amides is 1. The molecule has 0 aliphatic heterocycles. The van der Waals surface area contributed by atoms with Crippen molar-refractivity contribution in [3.63, 3.8) is 0 Å². The summed E-state index contributed by atoms with van der Waals surface area (Å²) in [6, 6.07) is 5.98. The minimum absolute atomic E-state index is 0.00536. The van der Waals surface area contributed by atoms with E-state index in [9.17, 15) is 4.79 Å². The van der Waals surface area contributed by atoms with Crippen LogP contribution in [0.4, 0.5) is 5.69 Å². The summed E-state index contributed by atoms with van der Waals surface area (Å²) in [6.07, 6.45) is 5.34. The highest BCUT2D eigenvalue weighted by molar-refractivity contribution is 5.94. The number of hydrogen-bond donors (Lipinski definition) is 2. The molecular weight excluding hydrogens is 290 g/mol. The Kier molecular flexibility index (Phi) is 4.48. The number of nitrogens with zero attached hydrogens (tertiary/aromatic N) is 1. The zero-order valence-electron chi connectivity index (χ0n) is 13.6. The number of carbonyl (C=O) groups is 1. The summed E-state index contributed by atoms with van der Waals surface area (Å²) in [6.45, 7) is 3.86. The highest BCUT2D eigenvalue weighted by Crippen LogP contribution is 2.28. The molecule has 1 aliphatic carbocycles. The maximum absolute atomic E-state index is 12.5. The molecule has 2 atom stereocenters. The largest absolute Gasteiger partial charge is 0.444 e. The molecular formula is C18H23N3O2. The van der Waals surface area contributed by atoms with Crippen LogP contribution in [0.5, 0.6) is 0 Å². The second kappa shape index (κ2) is 6.54. The molecule has 23 heavy (non-hydrogen) atoms. The van der Waals surface area contributed by atoms with Gasteiger partial charge in [0, 0.05) is 23.2 Å². The van der Waals surface area contributed by atoms with Crippen molar-refractivity contribution in [2.24, 2.45) is 11.7 Å². The van der Waals surface area contributed by atoms with E-state index >= 15 is 0 Å². The number of rotatable bonds is 3. The highest BCUT2D eigenvalue weighted by Gasteiger charge is 2.25. The molecule has 5 heteroatoms. The fourth-order valence-electron chi connectivity index (χ4n) is 3.08. The van der Waals surface area contributed by atoms with Crippen LogP contribution < -0.4 is 11.1 Å². The van der Waals surface area contributed by atoms with E-state index in [1.807, 2.05) is 32.0 Å². The number of nitrogens with one attached hydrogen (secondary N) is 1. The third-order valence-corrected chi connectivity index (χ3v) is 4.45. The molecule has 122 valence electrons. The number of aryl methyl sites for hydroxylation is 2. The molecule has 0 spiro atoms. The average Bonchev–Trinajstić information content (AvgIpc) is 2.96. The highest BCUT2D eigenvalue weighted by atomic mass is 16.3. The number of hydrogen-bond acceptors (Lipinski definition) is 4. The van der Waals surface area contributed by atoms with E-state index in [-0.39, 0.29) is 17.9 Å². The summed E-state index contributed by atoms with van der Waals surface area (Å²) in [5, 5.41) is 3.05. The maximum Gasteiger partial charge on any atom is 0.227 e. The van der Waals surface area contributed by atoms with Gasteiger partial charge in [0.15, 0.2) is 0 Å². The third kappa shape index (κ3) is 3.62. The van der Waals surface area contributed by atoms with Gasteiger partial charge in [-0.1, -0.05) is 12.5 Å². The van der Waals surface area contributed by atoms with E-state index in [2.05, 4.69) is 10.3 Å². The molecule has 1 aromatic carbocycles. The molecule has 1 saturated carbocycles. The molecule has 1 heterocycles. The monoisotopic (exact) mass is 313 g/mol. The van der Waals surface area contributed by atoms with E-state index in [4.69, 9.17) is 10.2 Å². The Hall–Kier alpha value is -2.14. The zero-order valence-corrected chi connectivity index (χ0v) is 13.6. The smallest absolute Gasteiger partial charge is 0.227 e. The van der Waals surface area contributed by atoms with Gasteiger partial charge >= 0.3 is 0 Å². The lowest BCUT2D eigenvalue weighted by Gasteiger charge is -2.26. The van der Waals surface area contributed by atoms with Gasteiger partial charge in [-0.05, 0) is 50.8 Å². The topological polar surface area (TPSA) is 81.2 Å². The quantitative estimate of drug-likeness (QED) is 0.910. The summed E-state index contributed by atoms with van der Waals surface area (Å²) in [5.41, 5.74) is 9.51. The van der Waals surface area contributed by atoms with E-state index < -0.39 is 0 Å². The first-order valence-corrected chi connectivity index (χ1v) is 8.12. The Morgan fingerprint density at radius 2 is 2.17 bits per heavy atom. The van der Waals surface area contributed by atoms with E-state index in [1.165, 1.54) is 0 Å². The van der Waals surface area contributed by atoms with E-state index in [0.717, 1.165) is 48.2 Å². The van der Waals surface area contributed by atoms with Crippen molar-refractivity contribution in [2.75, 3.05) is 5.32 Å². The van der Waals surface area contributed by atoms with Crippen molar-refractivity contribution in [3.05, 3.63) is 35.7 Å². The SMILES string of the molecule is Cc1coc(-c2ccc(C)c(NC(=O)C3CCCC(N)C3)c2)n1. The lowest BCUT2D eigenvalue weighted by Crippen LogP contribution is -2.34. The summed E-state index contributed by atoms with van der Waals surface area (Å²) in [5.74, 6) is 0.632. The Labute approximate surface area is 136 Å². The predicted molar refractivity (Wildman–Crippen MR) is 90.0 cm³/mol. The number of oxazole rings is 1. The van der Waals surface area contributed by atoms with Gasteiger partial charge < -0.3 is 15.5 Å². The number of carbonyl (C=O) groups excluding carboxylic acids is 1. The van der Waals surface area contributed by atoms with Gasteiger partial charge in [0.2, 0.25) is 11.8 Å². The molecule has 2 aromatic rings. The molecule has 0 saturated heterocycles. The molecule has 5 nitrogen and oxygen atoms in total. The van der Waals surface area contributed by atoms with Crippen molar-refractivity contribution in [2.45, 2.75) is 45.6 Å². The van der Waals surface area contributed by atoms with Crippen molar-refractivity contribution in [1.29, 1.82) is 0 Å². The van der Waals surface area contributed by atoms with Crippen LogP contribution in [0.25, 0.3) is 11.5 Å². The normalized spacial score (nSPS) is 21.2. The summed E-state index contributed by atoms with van der Waals surface area (Å²) in [7, 11) is 0. The molecule has 0 bridgehead atoms. The van der Waals surface area contributed by atoms with Gasteiger partial charge in [-0.3, -0.25) is 4.79 Å². The van der Waals surface area contributed by atoms with Crippen molar-refractivity contribution < 1.29 is 9.21 Å². The van der Waals surface area contributed by atoms with Gasteiger partial charge in [0.05, 0.1) is 5.69 Å². The number of anilines is 1. The van der Waals surface area contributed by atoms with Gasteiger partial charge in [-0.25, -0.2) is 4.98 Å². The molecule has 0 radical (unpaired) electrons. The van der Waals surface area contributed by atoms with Crippen LogP contribution in [0.3, 0.4) is 0 Å². The second-order valence-corrected chi connectivity index (χ2v) is 6.44. The molecule has 3 rings (SSSR count). The first-order chi connectivity index (χ1) is 11.0. The lowest BCUT2D eigenvalue weighted by atomic mass is 9.85. The summed E-state index contributed by atoms with van der Waals surface area (Å²) >= 11 is 0. The molecule has 1 amide bonds. The molecule has 1 aromatic heterocycles. The average molecular weight is 313 g/mol. The van der Waals surface area contributed by atoms with Crippen molar-refractivity contribution in [1.82, 2.24) is 4.98 Å². The van der Waals surface area contributed by atoms with E-state index in [0.29, 0.717) is 5.89 Å². The Bertz CT molecular complexity index is 708. The van der Waals surface area contributed by atoms with Gasteiger partial charge in [-0.2, -0.15) is 0 Å². The van der Waals surface area contributed by atoms with Crippen LogP contribution in [-0.4, -0.2) is 16.9 Å². The molecule has 1 aliphatic rings. The van der Waals surface area contributed by atoms with Crippen LogP contribution in [0.15, 0.2) is 28.9 Å².